The molecule has 1 aromatic heterocycles. The molecule has 4 heteroatoms. The molecule has 0 bridgehead atoms. The molecule has 1 unspecified atom stereocenters. The highest BCUT2D eigenvalue weighted by Gasteiger charge is 2.19. The third-order valence-electron chi connectivity index (χ3n) is 4.55. The van der Waals surface area contributed by atoms with Crippen LogP contribution in [0.5, 0.6) is 0 Å². The Morgan fingerprint density at radius 2 is 2.10 bits per heavy atom. The van der Waals surface area contributed by atoms with Crippen LogP contribution in [0.2, 0.25) is 0 Å². The molecular formula is C17H26N4. The van der Waals surface area contributed by atoms with Crippen LogP contribution < -0.4 is 5.32 Å². The second-order valence-corrected chi connectivity index (χ2v) is 5.87. The van der Waals surface area contributed by atoms with Gasteiger partial charge in [-0.2, -0.15) is 0 Å². The van der Waals surface area contributed by atoms with Crippen LogP contribution in [0.3, 0.4) is 0 Å². The number of aryl methyl sites for hydroxylation is 1. The number of fused-ring (bicyclic) bond motifs is 1. The van der Waals surface area contributed by atoms with Crippen molar-refractivity contribution in [3.8, 4) is 0 Å². The lowest BCUT2D eigenvalue weighted by molar-refractivity contribution is 0.197. The Hall–Kier alpha value is -1.39. The predicted molar refractivity (Wildman–Crippen MR) is 87.4 cm³/mol. The maximum atomic E-state index is 4.79. The molecule has 1 atom stereocenters. The Morgan fingerprint density at radius 1 is 1.24 bits per heavy atom. The lowest BCUT2D eigenvalue weighted by Crippen LogP contribution is -2.45. The first-order chi connectivity index (χ1) is 10.3. The highest BCUT2D eigenvalue weighted by molar-refractivity contribution is 5.75. The van der Waals surface area contributed by atoms with Gasteiger partial charge in [-0.3, -0.25) is 0 Å². The minimum Gasteiger partial charge on any atom is -0.327 e. The molecule has 1 N–H and O–H groups in total. The summed E-state index contributed by atoms with van der Waals surface area (Å²) in [5, 5.41) is 3.71. The summed E-state index contributed by atoms with van der Waals surface area (Å²) in [6.45, 7) is 9.86. The molecule has 1 aliphatic heterocycles. The minimum absolute atomic E-state index is 0.601. The largest absolute Gasteiger partial charge is 0.327 e. The topological polar surface area (TPSA) is 33.1 Å². The lowest BCUT2D eigenvalue weighted by atomic mass is 10.1. The van der Waals surface area contributed by atoms with Gasteiger partial charge < -0.3 is 14.8 Å². The molecule has 0 radical (unpaired) electrons. The van der Waals surface area contributed by atoms with Gasteiger partial charge in [0.2, 0.25) is 0 Å². The molecule has 0 spiro atoms. The van der Waals surface area contributed by atoms with Gasteiger partial charge in [0, 0.05) is 19.1 Å². The van der Waals surface area contributed by atoms with Crippen LogP contribution >= 0.6 is 0 Å². The SMILES string of the molecule is CCN1CCCC(NCc2nc3ccccc3n2CC)C1. The van der Waals surface area contributed by atoms with Gasteiger partial charge in [0.15, 0.2) is 0 Å². The van der Waals surface area contributed by atoms with E-state index in [9.17, 15) is 0 Å². The summed E-state index contributed by atoms with van der Waals surface area (Å²) in [5.41, 5.74) is 2.35. The molecule has 3 rings (SSSR count). The monoisotopic (exact) mass is 286 g/mol. The number of nitrogens with zero attached hydrogens (tertiary/aromatic N) is 3. The lowest BCUT2D eigenvalue weighted by Gasteiger charge is -2.32. The zero-order valence-corrected chi connectivity index (χ0v) is 13.2. The average molecular weight is 286 g/mol. The maximum Gasteiger partial charge on any atom is 0.123 e. The van der Waals surface area contributed by atoms with Gasteiger partial charge in [0.25, 0.3) is 0 Å². The number of para-hydroxylation sites is 2. The minimum atomic E-state index is 0.601. The van der Waals surface area contributed by atoms with E-state index in [4.69, 9.17) is 4.98 Å². The van der Waals surface area contributed by atoms with Crippen LogP contribution in [0.25, 0.3) is 11.0 Å². The number of hydrogen-bond donors (Lipinski definition) is 1. The van der Waals surface area contributed by atoms with E-state index in [2.05, 4.69) is 52.9 Å². The predicted octanol–water partition coefficient (Wildman–Crippen LogP) is 2.63. The number of likely N-dealkylation sites (tertiary alicyclic amines) is 1. The molecule has 1 aliphatic rings. The Morgan fingerprint density at radius 3 is 2.90 bits per heavy atom. The molecule has 2 heterocycles. The number of imidazole rings is 1. The van der Waals surface area contributed by atoms with Crippen molar-refractivity contribution in [3.63, 3.8) is 0 Å². The zero-order valence-electron chi connectivity index (χ0n) is 13.2. The highest BCUT2D eigenvalue weighted by Crippen LogP contribution is 2.16. The molecule has 21 heavy (non-hydrogen) atoms. The molecular weight excluding hydrogens is 260 g/mol. The number of likely N-dealkylation sites (N-methyl/N-ethyl adjacent to an activating group) is 1. The van der Waals surface area contributed by atoms with Crippen molar-refractivity contribution in [3.05, 3.63) is 30.1 Å². The van der Waals surface area contributed by atoms with Crippen molar-refractivity contribution in [2.24, 2.45) is 0 Å². The van der Waals surface area contributed by atoms with Crippen LogP contribution in [-0.2, 0) is 13.1 Å². The van der Waals surface area contributed by atoms with Gasteiger partial charge in [0.05, 0.1) is 17.6 Å². The van der Waals surface area contributed by atoms with E-state index in [0.717, 1.165) is 31.0 Å². The van der Waals surface area contributed by atoms with E-state index in [-0.39, 0.29) is 0 Å². The number of hydrogen-bond acceptors (Lipinski definition) is 3. The number of rotatable bonds is 5. The van der Waals surface area contributed by atoms with Crippen molar-refractivity contribution < 1.29 is 0 Å². The van der Waals surface area contributed by atoms with E-state index < -0.39 is 0 Å². The van der Waals surface area contributed by atoms with Crippen LogP contribution in [0.1, 0.15) is 32.5 Å². The Balaban J connectivity index is 1.70. The quantitative estimate of drug-likeness (QED) is 0.917. The van der Waals surface area contributed by atoms with Gasteiger partial charge in [-0.25, -0.2) is 4.98 Å². The molecule has 1 aromatic carbocycles. The highest BCUT2D eigenvalue weighted by atomic mass is 15.2. The van der Waals surface area contributed by atoms with Crippen LogP contribution in [0.15, 0.2) is 24.3 Å². The van der Waals surface area contributed by atoms with Crippen molar-refractivity contribution in [2.75, 3.05) is 19.6 Å². The first-order valence-corrected chi connectivity index (χ1v) is 8.21. The normalized spacial score (nSPS) is 20.2. The maximum absolute atomic E-state index is 4.79. The smallest absolute Gasteiger partial charge is 0.123 e. The van der Waals surface area contributed by atoms with Crippen molar-refractivity contribution in [2.45, 2.75) is 45.8 Å². The summed E-state index contributed by atoms with van der Waals surface area (Å²) in [5.74, 6) is 1.16. The molecule has 0 amide bonds. The fraction of sp³-hybridized carbons (Fsp3) is 0.588. The summed E-state index contributed by atoms with van der Waals surface area (Å²) in [6.07, 6.45) is 2.58. The fourth-order valence-corrected chi connectivity index (χ4v) is 3.36. The third-order valence-corrected chi connectivity index (χ3v) is 4.55. The van der Waals surface area contributed by atoms with Gasteiger partial charge >= 0.3 is 0 Å². The molecule has 1 saturated heterocycles. The average Bonchev–Trinajstić information content (AvgIpc) is 2.90. The number of aromatic nitrogens is 2. The van der Waals surface area contributed by atoms with E-state index in [1.165, 1.54) is 31.4 Å². The first-order valence-electron chi connectivity index (χ1n) is 8.21. The molecule has 114 valence electrons. The Bertz CT molecular complexity index is 589. The summed E-state index contributed by atoms with van der Waals surface area (Å²) in [6, 6.07) is 9.02. The molecule has 0 aliphatic carbocycles. The van der Waals surface area contributed by atoms with E-state index in [1.807, 2.05) is 0 Å². The van der Waals surface area contributed by atoms with Crippen LogP contribution in [-0.4, -0.2) is 40.1 Å². The van der Waals surface area contributed by atoms with Crippen LogP contribution in [0.4, 0.5) is 0 Å². The van der Waals surface area contributed by atoms with Gasteiger partial charge in [-0.15, -0.1) is 0 Å². The summed E-state index contributed by atoms with van der Waals surface area (Å²) in [4.78, 5) is 7.33. The zero-order chi connectivity index (χ0) is 14.7. The summed E-state index contributed by atoms with van der Waals surface area (Å²) < 4.78 is 2.32. The summed E-state index contributed by atoms with van der Waals surface area (Å²) in [7, 11) is 0. The van der Waals surface area contributed by atoms with Crippen molar-refractivity contribution in [1.29, 1.82) is 0 Å². The second-order valence-electron chi connectivity index (χ2n) is 5.87. The van der Waals surface area contributed by atoms with E-state index in [0.29, 0.717) is 6.04 Å². The van der Waals surface area contributed by atoms with Crippen LogP contribution in [0, 0.1) is 0 Å². The molecule has 2 aromatic rings. The second kappa shape index (κ2) is 6.58. The van der Waals surface area contributed by atoms with Gasteiger partial charge in [-0.05, 0) is 45.0 Å². The van der Waals surface area contributed by atoms with Crippen molar-refractivity contribution in [1.82, 2.24) is 19.8 Å². The third kappa shape index (κ3) is 3.11. The van der Waals surface area contributed by atoms with E-state index in [1.54, 1.807) is 0 Å². The molecule has 4 nitrogen and oxygen atoms in total. The standard InChI is InChI=1S/C17H26N4/c1-3-20-11-7-8-14(13-20)18-12-17-19-15-9-5-6-10-16(15)21(17)4-2/h5-6,9-10,14,18H,3-4,7-8,11-13H2,1-2H3. The first kappa shape index (κ1) is 14.5. The number of benzene rings is 1. The molecule has 0 saturated carbocycles. The summed E-state index contributed by atoms with van der Waals surface area (Å²) >= 11 is 0. The Labute approximate surface area is 127 Å². The van der Waals surface area contributed by atoms with Gasteiger partial charge in [0.1, 0.15) is 5.82 Å². The van der Waals surface area contributed by atoms with Crippen molar-refractivity contribution >= 4 is 11.0 Å². The number of nitrogens with one attached hydrogen (secondary N) is 1. The molecule has 1 fully saturated rings. The Kier molecular flexibility index (Phi) is 4.56. The fourth-order valence-electron chi connectivity index (χ4n) is 3.36. The van der Waals surface area contributed by atoms with Gasteiger partial charge in [-0.1, -0.05) is 19.1 Å². The van der Waals surface area contributed by atoms with E-state index >= 15 is 0 Å². The number of piperidine rings is 1.